The molecule has 3 aromatic rings. The highest BCUT2D eigenvalue weighted by Gasteiger charge is 2.48. The number of benzene rings is 3. The number of nitrogens with one attached hydrogen (secondary N) is 1. The summed E-state index contributed by atoms with van der Waals surface area (Å²) in [5, 5.41) is 11.9. The second kappa shape index (κ2) is 13.3. The largest absolute Gasteiger partial charge is 0.488 e. The highest BCUT2D eigenvalue weighted by molar-refractivity contribution is 5.84. The lowest BCUT2D eigenvalue weighted by Gasteiger charge is -2.38. The van der Waals surface area contributed by atoms with E-state index >= 15 is 0 Å². The molecule has 4 N–H and O–H groups in total. The molecular formula is C29H27F9N2O4. The molecule has 44 heavy (non-hydrogen) atoms. The summed E-state index contributed by atoms with van der Waals surface area (Å²) >= 11 is 0. The number of aliphatic hydroxyl groups is 1. The number of ether oxygens (including phenoxy) is 2. The topological polar surface area (TPSA) is 93.8 Å². The maximum Gasteiger partial charge on any atom is 0.461 e. The molecule has 3 atom stereocenters. The maximum atomic E-state index is 15.0. The Balaban J connectivity index is 2.36. The highest BCUT2D eigenvalue weighted by atomic mass is 19.4. The van der Waals surface area contributed by atoms with Crippen LogP contribution in [0.4, 0.5) is 39.5 Å². The van der Waals surface area contributed by atoms with Crippen molar-refractivity contribution in [1.82, 2.24) is 5.32 Å². The number of aliphatic hydroxyl groups excluding tert-OH is 1. The van der Waals surface area contributed by atoms with Gasteiger partial charge in [0.05, 0.1) is 11.6 Å². The predicted octanol–water partition coefficient (Wildman–Crippen LogP) is 5.84. The third-order valence-electron chi connectivity index (χ3n) is 6.29. The number of alkyl halides is 7. The first kappa shape index (κ1) is 34.5. The summed E-state index contributed by atoms with van der Waals surface area (Å²) in [6.45, 7) is 3.09. The van der Waals surface area contributed by atoms with Crippen molar-refractivity contribution in [3.05, 3.63) is 95.1 Å². The van der Waals surface area contributed by atoms with Gasteiger partial charge >= 0.3 is 18.7 Å². The normalized spacial score (nSPS) is 15.1. The van der Waals surface area contributed by atoms with Gasteiger partial charge in [0, 0.05) is 12.5 Å². The molecule has 240 valence electrons. The van der Waals surface area contributed by atoms with Crippen molar-refractivity contribution in [2.24, 2.45) is 5.73 Å². The van der Waals surface area contributed by atoms with Crippen molar-refractivity contribution in [2.75, 3.05) is 0 Å². The van der Waals surface area contributed by atoms with Gasteiger partial charge in [-0.1, -0.05) is 36.4 Å². The van der Waals surface area contributed by atoms with Gasteiger partial charge in [0.25, 0.3) is 0 Å². The van der Waals surface area contributed by atoms with Gasteiger partial charge in [-0.15, -0.1) is 0 Å². The molecule has 0 radical (unpaired) electrons. The lowest BCUT2D eigenvalue weighted by Crippen LogP contribution is -2.59. The van der Waals surface area contributed by atoms with E-state index in [1.165, 1.54) is 24.3 Å². The Morgan fingerprint density at radius 2 is 1.57 bits per heavy atom. The molecule has 0 aliphatic heterocycles. The van der Waals surface area contributed by atoms with Gasteiger partial charge in [-0.25, -0.2) is 8.78 Å². The van der Waals surface area contributed by atoms with E-state index in [2.05, 4.69) is 10.1 Å². The van der Waals surface area contributed by atoms with Crippen molar-refractivity contribution in [2.45, 2.75) is 62.8 Å². The zero-order chi connectivity index (χ0) is 33.0. The van der Waals surface area contributed by atoms with Gasteiger partial charge in [0.2, 0.25) is 5.91 Å². The molecule has 6 nitrogen and oxygen atoms in total. The fourth-order valence-corrected chi connectivity index (χ4v) is 4.28. The third kappa shape index (κ3) is 8.14. The van der Waals surface area contributed by atoms with Crippen molar-refractivity contribution < 1.29 is 58.9 Å². The van der Waals surface area contributed by atoms with Crippen LogP contribution in [0, 0.1) is 11.6 Å². The number of amides is 1. The van der Waals surface area contributed by atoms with E-state index in [-0.39, 0.29) is 5.56 Å². The minimum Gasteiger partial charge on any atom is -0.488 e. The van der Waals surface area contributed by atoms with E-state index in [1.54, 1.807) is 19.9 Å². The number of carbonyl (C=O) groups is 1. The molecule has 0 saturated carbocycles. The van der Waals surface area contributed by atoms with Gasteiger partial charge in [-0.05, 0) is 54.8 Å². The van der Waals surface area contributed by atoms with Gasteiger partial charge in [0.15, 0.2) is 17.7 Å². The molecule has 0 fully saturated rings. The Bertz CT molecular complexity index is 1440. The molecule has 0 aromatic heterocycles. The van der Waals surface area contributed by atoms with Crippen molar-refractivity contribution in [3.63, 3.8) is 0 Å². The Morgan fingerprint density at radius 3 is 2.14 bits per heavy atom. The summed E-state index contributed by atoms with van der Waals surface area (Å²) in [5.74, 6) is -5.45. The van der Waals surface area contributed by atoms with E-state index in [9.17, 15) is 49.4 Å². The van der Waals surface area contributed by atoms with Crippen LogP contribution in [0.2, 0.25) is 0 Å². The molecule has 0 bridgehead atoms. The summed E-state index contributed by atoms with van der Waals surface area (Å²) in [7, 11) is 0. The molecule has 1 amide bonds. The van der Waals surface area contributed by atoms with Crippen LogP contribution in [0.25, 0.3) is 0 Å². The molecule has 0 aliphatic carbocycles. The molecule has 3 rings (SSSR count). The summed E-state index contributed by atoms with van der Waals surface area (Å²) in [6.07, 6.45) is -19.2. The second-order valence-electron chi connectivity index (χ2n) is 10.0. The van der Waals surface area contributed by atoms with Crippen LogP contribution in [0.3, 0.4) is 0 Å². The number of hydrogen-bond acceptors (Lipinski definition) is 5. The second-order valence-corrected chi connectivity index (χ2v) is 10.0. The number of rotatable bonds is 12. The molecule has 15 heteroatoms. The fourth-order valence-electron chi connectivity index (χ4n) is 4.28. The third-order valence-corrected chi connectivity index (χ3v) is 6.29. The van der Waals surface area contributed by atoms with Crippen LogP contribution in [-0.4, -0.2) is 48.0 Å². The Kier molecular flexibility index (Phi) is 10.5. The number of hydrogen-bond donors (Lipinski definition) is 3. The predicted molar refractivity (Wildman–Crippen MR) is 139 cm³/mol. The van der Waals surface area contributed by atoms with Crippen LogP contribution in [-0.2, 0) is 16.8 Å². The van der Waals surface area contributed by atoms with Gasteiger partial charge in [0.1, 0.15) is 17.6 Å². The standard InChI is InChI=1S/C29H27F9N2O4/c1-15(2)43-22-12-17(8-9-21(22)31)27(14-16-6-4-3-5-7-16,40-25(42)23(39)24(41)28(34,35)36)18-10-19(30)13-20(11-18)44-29(37,38)26(32)33/h3-13,15,23-24,26,41H,14,39H2,1-2H3,(H,40,42)/t23?,24?,27-/m1/s1. The first-order chi connectivity index (χ1) is 20.4. The average molecular weight is 639 g/mol. The molecule has 2 unspecified atom stereocenters. The summed E-state index contributed by atoms with van der Waals surface area (Å²) in [4.78, 5) is 13.3. The first-order valence-corrected chi connectivity index (χ1v) is 12.8. The summed E-state index contributed by atoms with van der Waals surface area (Å²) < 4.78 is 132. The molecule has 0 spiro atoms. The highest BCUT2D eigenvalue weighted by Crippen LogP contribution is 2.40. The van der Waals surface area contributed by atoms with E-state index in [0.717, 1.165) is 18.2 Å². The zero-order valence-corrected chi connectivity index (χ0v) is 23.0. The number of nitrogens with two attached hydrogens (primary N) is 1. The zero-order valence-electron chi connectivity index (χ0n) is 23.0. The summed E-state index contributed by atoms with van der Waals surface area (Å²) in [6, 6.07) is 9.58. The van der Waals surface area contributed by atoms with Crippen molar-refractivity contribution in [1.29, 1.82) is 0 Å². The lowest BCUT2D eigenvalue weighted by molar-refractivity contribution is -0.253. The fraction of sp³-hybridized carbons (Fsp3) is 0.345. The van der Waals surface area contributed by atoms with Gasteiger partial charge in [-0.2, -0.15) is 30.7 Å². The Hall–Kier alpha value is -3.98. The number of carbonyl (C=O) groups excluding carboxylic acids is 1. The summed E-state index contributed by atoms with van der Waals surface area (Å²) in [5.41, 5.74) is 2.79. The SMILES string of the molecule is CC(C)Oc1cc([C@@](Cc2ccccc2)(NC(=O)C(N)C(O)C(F)(F)F)c2cc(F)cc(OC(F)(F)C(F)F)c2)ccc1F. The van der Waals surface area contributed by atoms with E-state index in [0.29, 0.717) is 23.8 Å². The van der Waals surface area contributed by atoms with Crippen molar-refractivity contribution >= 4 is 5.91 Å². The Labute approximate surface area is 245 Å². The molecule has 0 saturated heterocycles. The smallest absolute Gasteiger partial charge is 0.461 e. The average Bonchev–Trinajstić information content (AvgIpc) is 2.92. The van der Waals surface area contributed by atoms with Gasteiger partial charge in [-0.3, -0.25) is 4.79 Å². The van der Waals surface area contributed by atoms with Gasteiger partial charge < -0.3 is 25.6 Å². The van der Waals surface area contributed by atoms with Crippen LogP contribution < -0.4 is 20.5 Å². The van der Waals surface area contributed by atoms with Crippen LogP contribution in [0.5, 0.6) is 11.5 Å². The van der Waals surface area contributed by atoms with E-state index < -0.39 is 83.5 Å². The first-order valence-electron chi connectivity index (χ1n) is 12.8. The van der Waals surface area contributed by atoms with E-state index in [1.807, 2.05) is 0 Å². The monoisotopic (exact) mass is 638 g/mol. The van der Waals surface area contributed by atoms with E-state index in [4.69, 9.17) is 10.5 Å². The van der Waals surface area contributed by atoms with Crippen LogP contribution in [0.15, 0.2) is 66.7 Å². The molecule has 3 aromatic carbocycles. The molecule has 0 aliphatic rings. The molecule has 0 heterocycles. The lowest BCUT2D eigenvalue weighted by atomic mass is 9.77. The van der Waals surface area contributed by atoms with Crippen LogP contribution >= 0.6 is 0 Å². The van der Waals surface area contributed by atoms with Crippen molar-refractivity contribution in [3.8, 4) is 11.5 Å². The quantitative estimate of drug-likeness (QED) is 0.217. The molecular weight excluding hydrogens is 611 g/mol. The minimum absolute atomic E-state index is 0.183. The van der Waals surface area contributed by atoms with Crippen LogP contribution in [0.1, 0.15) is 30.5 Å². The Morgan fingerprint density at radius 1 is 0.932 bits per heavy atom. The number of halogens is 9. The maximum absolute atomic E-state index is 15.0. The minimum atomic E-state index is -5.35.